The van der Waals surface area contributed by atoms with E-state index >= 15 is 0 Å². The van der Waals surface area contributed by atoms with Crippen LogP contribution in [0.2, 0.25) is 0 Å². The van der Waals surface area contributed by atoms with E-state index in [-0.39, 0.29) is 40.5 Å². The van der Waals surface area contributed by atoms with Gasteiger partial charge in [0.2, 0.25) is 5.91 Å². The Bertz CT molecular complexity index is 1690. The zero-order valence-corrected chi connectivity index (χ0v) is 20.0. The van der Waals surface area contributed by atoms with E-state index in [4.69, 9.17) is 4.74 Å². The lowest BCUT2D eigenvalue weighted by Gasteiger charge is -2.12. The van der Waals surface area contributed by atoms with Gasteiger partial charge in [-0.25, -0.2) is 24.1 Å². The van der Waals surface area contributed by atoms with Gasteiger partial charge in [-0.1, -0.05) is 0 Å². The van der Waals surface area contributed by atoms with Crippen molar-refractivity contribution in [2.75, 3.05) is 5.32 Å². The number of aromatic amines is 1. The minimum Gasteiger partial charge on any atom is -0.455 e. The molecule has 0 radical (unpaired) electrons. The molecule has 0 fully saturated rings. The molecule has 39 heavy (non-hydrogen) atoms. The Kier molecular flexibility index (Phi) is 6.55. The second-order valence-corrected chi connectivity index (χ2v) is 8.33. The zero-order valence-electron chi connectivity index (χ0n) is 20.0. The van der Waals surface area contributed by atoms with Gasteiger partial charge in [-0.3, -0.25) is 19.0 Å². The highest BCUT2D eigenvalue weighted by Crippen LogP contribution is 2.37. The van der Waals surface area contributed by atoms with Crippen molar-refractivity contribution in [3.05, 3.63) is 82.8 Å². The summed E-state index contributed by atoms with van der Waals surface area (Å²) in [7, 11) is 1.38. The SMILES string of the molecule is Cn1c(=O)n(CC(=O)Nc2ccc(F)cc2)c2cc(C(F)(F)F)cc(-c3cnc(OCc4nc[nH]n4)nc3)c21. The molecule has 0 spiro atoms. The van der Waals surface area contributed by atoms with Crippen LogP contribution in [-0.4, -0.2) is 40.2 Å². The number of aromatic nitrogens is 7. The molecule has 0 bridgehead atoms. The molecule has 0 saturated carbocycles. The predicted octanol–water partition coefficient (Wildman–Crippen LogP) is 3.29. The highest BCUT2D eigenvalue weighted by molar-refractivity contribution is 5.95. The number of nitrogens with one attached hydrogen (secondary N) is 2. The third-order valence-corrected chi connectivity index (χ3v) is 5.73. The zero-order chi connectivity index (χ0) is 27.7. The number of carbonyl (C=O) groups excluding carboxylic acids is 1. The van der Waals surface area contributed by atoms with E-state index in [1.165, 1.54) is 37.9 Å². The molecular weight excluding hydrogens is 524 g/mol. The van der Waals surface area contributed by atoms with Crippen LogP contribution in [0.3, 0.4) is 0 Å². The fraction of sp³-hybridized carbons (Fsp3) is 0.167. The molecule has 0 atom stereocenters. The van der Waals surface area contributed by atoms with Crippen molar-refractivity contribution in [3.8, 4) is 17.1 Å². The average molecular weight is 542 g/mol. The molecular formula is C24H18F4N8O3. The van der Waals surface area contributed by atoms with Crippen LogP contribution in [0.1, 0.15) is 11.4 Å². The van der Waals surface area contributed by atoms with Crippen molar-refractivity contribution in [2.24, 2.45) is 7.05 Å². The second kappa shape index (κ2) is 10.00. The van der Waals surface area contributed by atoms with Gasteiger partial charge in [-0.15, -0.1) is 0 Å². The molecule has 2 N–H and O–H groups in total. The second-order valence-electron chi connectivity index (χ2n) is 8.33. The van der Waals surface area contributed by atoms with E-state index < -0.39 is 35.7 Å². The summed E-state index contributed by atoms with van der Waals surface area (Å²) in [5, 5.41) is 8.85. The predicted molar refractivity (Wildman–Crippen MR) is 129 cm³/mol. The molecule has 0 aliphatic heterocycles. The number of nitrogens with zero attached hydrogens (tertiary/aromatic N) is 6. The molecule has 11 nitrogen and oxygen atoms in total. The van der Waals surface area contributed by atoms with E-state index in [2.05, 4.69) is 30.5 Å². The molecule has 3 heterocycles. The number of hydrogen-bond acceptors (Lipinski definition) is 7. The number of ether oxygens (including phenoxy) is 1. The first kappa shape index (κ1) is 25.6. The largest absolute Gasteiger partial charge is 0.455 e. The maximum Gasteiger partial charge on any atom is 0.416 e. The Labute approximate surface area is 216 Å². The topological polar surface area (TPSA) is 133 Å². The summed E-state index contributed by atoms with van der Waals surface area (Å²) in [6.07, 6.45) is -0.864. The van der Waals surface area contributed by atoms with Gasteiger partial charge < -0.3 is 10.1 Å². The molecule has 15 heteroatoms. The fourth-order valence-electron chi connectivity index (χ4n) is 3.94. The lowest BCUT2D eigenvalue weighted by atomic mass is 10.0. The number of fused-ring (bicyclic) bond motifs is 1. The number of aryl methyl sites for hydroxylation is 1. The normalized spacial score (nSPS) is 11.6. The van der Waals surface area contributed by atoms with Gasteiger partial charge in [0.1, 0.15) is 18.7 Å². The van der Waals surface area contributed by atoms with Crippen LogP contribution >= 0.6 is 0 Å². The van der Waals surface area contributed by atoms with Gasteiger partial charge in [-0.2, -0.15) is 18.3 Å². The van der Waals surface area contributed by atoms with Gasteiger partial charge in [-0.05, 0) is 36.4 Å². The van der Waals surface area contributed by atoms with Crippen LogP contribution in [0, 0.1) is 5.82 Å². The fourth-order valence-corrected chi connectivity index (χ4v) is 3.94. The average Bonchev–Trinajstić information content (AvgIpc) is 3.51. The summed E-state index contributed by atoms with van der Waals surface area (Å²) in [5.74, 6) is -0.850. The van der Waals surface area contributed by atoms with Crippen LogP contribution in [0.25, 0.3) is 22.2 Å². The van der Waals surface area contributed by atoms with Crippen LogP contribution in [-0.2, 0) is 31.2 Å². The van der Waals surface area contributed by atoms with Gasteiger partial charge in [0.25, 0.3) is 0 Å². The number of imidazole rings is 1. The summed E-state index contributed by atoms with van der Waals surface area (Å²) >= 11 is 0. The highest BCUT2D eigenvalue weighted by atomic mass is 19.4. The van der Waals surface area contributed by atoms with Crippen LogP contribution < -0.4 is 15.7 Å². The standard InChI is InChI=1S/C24H18F4N8O3/c1-35-21-17(13-8-29-22(30-9-13)39-11-19-31-12-32-34-19)6-14(24(26,27)28)7-18(21)36(23(35)38)10-20(37)33-16-4-2-15(25)3-5-16/h2-9,12H,10-11H2,1H3,(H,33,37)(H,31,32,34). The van der Waals surface area contributed by atoms with Crippen LogP contribution in [0.4, 0.5) is 23.2 Å². The minimum atomic E-state index is -4.75. The Hall–Kier alpha value is -5.08. The third-order valence-electron chi connectivity index (χ3n) is 5.73. The molecule has 0 unspecified atom stereocenters. The van der Waals surface area contributed by atoms with E-state index in [1.807, 2.05) is 0 Å². The van der Waals surface area contributed by atoms with E-state index in [0.29, 0.717) is 5.82 Å². The Morgan fingerprint density at radius 3 is 2.46 bits per heavy atom. The van der Waals surface area contributed by atoms with Crippen LogP contribution in [0.15, 0.2) is 59.9 Å². The monoisotopic (exact) mass is 542 g/mol. The molecule has 5 rings (SSSR count). The molecule has 2 aromatic carbocycles. The number of alkyl halides is 3. The molecule has 0 aliphatic carbocycles. The number of H-pyrrole nitrogens is 1. The smallest absolute Gasteiger partial charge is 0.416 e. The third kappa shape index (κ3) is 5.32. The number of carbonyl (C=O) groups is 1. The molecule has 1 amide bonds. The minimum absolute atomic E-state index is 0.0256. The van der Waals surface area contributed by atoms with Crippen molar-refractivity contribution in [3.63, 3.8) is 0 Å². The maximum absolute atomic E-state index is 13.9. The first-order valence-electron chi connectivity index (χ1n) is 11.3. The van der Waals surface area contributed by atoms with Crippen molar-refractivity contribution >= 4 is 22.6 Å². The van der Waals surface area contributed by atoms with E-state index in [1.54, 1.807) is 0 Å². The summed E-state index contributed by atoms with van der Waals surface area (Å²) in [5.41, 5.74) is -1.26. The number of anilines is 1. The summed E-state index contributed by atoms with van der Waals surface area (Å²) in [4.78, 5) is 37.7. The number of halogens is 4. The van der Waals surface area contributed by atoms with Gasteiger partial charge >= 0.3 is 17.9 Å². The number of benzene rings is 2. The van der Waals surface area contributed by atoms with E-state index in [0.717, 1.165) is 33.4 Å². The Morgan fingerprint density at radius 1 is 1.10 bits per heavy atom. The van der Waals surface area contributed by atoms with Crippen molar-refractivity contribution < 1.29 is 27.1 Å². The molecule has 3 aromatic heterocycles. The molecule has 0 saturated heterocycles. The van der Waals surface area contributed by atoms with Crippen molar-refractivity contribution in [2.45, 2.75) is 19.3 Å². The van der Waals surface area contributed by atoms with Crippen LogP contribution in [0.5, 0.6) is 6.01 Å². The molecule has 5 aromatic rings. The Balaban J connectivity index is 1.52. The number of hydrogen-bond donors (Lipinski definition) is 2. The van der Waals surface area contributed by atoms with Gasteiger partial charge in [0.15, 0.2) is 12.4 Å². The number of rotatable bonds is 7. The lowest BCUT2D eigenvalue weighted by Crippen LogP contribution is -2.28. The highest BCUT2D eigenvalue weighted by Gasteiger charge is 2.33. The Morgan fingerprint density at radius 2 is 1.82 bits per heavy atom. The summed E-state index contributed by atoms with van der Waals surface area (Å²) in [6.45, 7) is -0.618. The molecule has 200 valence electrons. The number of amides is 1. The van der Waals surface area contributed by atoms with Gasteiger partial charge in [0, 0.05) is 36.3 Å². The van der Waals surface area contributed by atoms with E-state index in [9.17, 15) is 27.2 Å². The summed E-state index contributed by atoms with van der Waals surface area (Å²) < 4.78 is 62.2. The van der Waals surface area contributed by atoms with Crippen molar-refractivity contribution in [1.82, 2.24) is 34.3 Å². The first-order valence-corrected chi connectivity index (χ1v) is 11.3. The lowest BCUT2D eigenvalue weighted by molar-refractivity contribution is -0.137. The quantitative estimate of drug-likeness (QED) is 0.302. The van der Waals surface area contributed by atoms with Crippen molar-refractivity contribution in [1.29, 1.82) is 0 Å². The first-order chi connectivity index (χ1) is 18.6. The van der Waals surface area contributed by atoms with Gasteiger partial charge in [0.05, 0.1) is 16.6 Å². The summed E-state index contributed by atoms with van der Waals surface area (Å²) in [6, 6.07) is 6.53. The molecule has 0 aliphatic rings. The maximum atomic E-state index is 13.9.